The molecule has 1 fully saturated rings. The number of nitrogens with zero attached hydrogens (tertiary/aromatic N) is 2. The van der Waals surface area contributed by atoms with E-state index in [0.29, 0.717) is 5.56 Å². The number of thiocarbonyl (C=S) groups is 1. The van der Waals surface area contributed by atoms with Crippen LogP contribution in [0.3, 0.4) is 0 Å². The lowest BCUT2D eigenvalue weighted by atomic mass is 10.1. The average Bonchev–Trinajstić information content (AvgIpc) is 2.79. The third-order valence-corrected chi connectivity index (χ3v) is 4.52. The number of benzene rings is 1. The Morgan fingerprint density at radius 3 is 2.72 bits per heavy atom. The van der Waals surface area contributed by atoms with Crippen LogP contribution in [0.1, 0.15) is 12.0 Å². The van der Waals surface area contributed by atoms with Crippen molar-refractivity contribution in [3.8, 4) is 0 Å². The molecule has 25 heavy (non-hydrogen) atoms. The molecule has 0 bridgehead atoms. The van der Waals surface area contributed by atoms with Crippen molar-refractivity contribution in [1.82, 2.24) is 4.90 Å². The second-order valence-corrected chi connectivity index (χ2v) is 6.60. The summed E-state index contributed by atoms with van der Waals surface area (Å²) in [7, 11) is 0. The van der Waals surface area contributed by atoms with E-state index in [9.17, 15) is 29.6 Å². The number of nitro benzene ring substituents is 1. The van der Waals surface area contributed by atoms with Crippen LogP contribution in [0.25, 0.3) is 6.08 Å². The summed E-state index contributed by atoms with van der Waals surface area (Å²) in [6, 6.07) is 4.08. The van der Waals surface area contributed by atoms with Gasteiger partial charge in [-0.1, -0.05) is 36.1 Å². The molecule has 0 aliphatic carbocycles. The topological polar surface area (TPSA) is 144 Å². The quantitative estimate of drug-likeness (QED) is 0.323. The highest BCUT2D eigenvalue weighted by molar-refractivity contribution is 8.26. The number of carbonyl (C=O) groups is 3. The summed E-state index contributed by atoms with van der Waals surface area (Å²) in [5.41, 5.74) is 5.26. The maximum Gasteiger partial charge on any atom is 0.327 e. The second kappa shape index (κ2) is 7.40. The minimum Gasteiger partial charge on any atom is -0.480 e. The predicted molar refractivity (Wildman–Crippen MR) is 93.3 cm³/mol. The maximum atomic E-state index is 12.5. The van der Waals surface area contributed by atoms with E-state index in [2.05, 4.69) is 0 Å². The molecule has 3 N–H and O–H groups in total. The molecule has 1 aliphatic heterocycles. The van der Waals surface area contributed by atoms with Crippen molar-refractivity contribution in [2.24, 2.45) is 5.73 Å². The highest BCUT2D eigenvalue weighted by Crippen LogP contribution is 2.35. The van der Waals surface area contributed by atoms with Crippen LogP contribution < -0.4 is 5.73 Å². The van der Waals surface area contributed by atoms with E-state index in [4.69, 9.17) is 18.0 Å². The lowest BCUT2D eigenvalue weighted by Gasteiger charge is -2.21. The van der Waals surface area contributed by atoms with Gasteiger partial charge in [-0.3, -0.25) is 24.6 Å². The molecule has 0 radical (unpaired) electrons. The van der Waals surface area contributed by atoms with Gasteiger partial charge in [0, 0.05) is 12.1 Å². The van der Waals surface area contributed by atoms with Gasteiger partial charge < -0.3 is 10.8 Å². The predicted octanol–water partition coefficient (Wildman–Crippen LogP) is 1.12. The summed E-state index contributed by atoms with van der Waals surface area (Å²) in [5, 5.41) is 20.0. The first kappa shape index (κ1) is 18.5. The molecule has 1 aromatic carbocycles. The summed E-state index contributed by atoms with van der Waals surface area (Å²) in [6.07, 6.45) is 0.793. The van der Waals surface area contributed by atoms with E-state index in [1.54, 1.807) is 6.07 Å². The van der Waals surface area contributed by atoms with Crippen molar-refractivity contribution in [3.05, 3.63) is 44.8 Å². The molecule has 1 heterocycles. The molecule has 2 amide bonds. The summed E-state index contributed by atoms with van der Waals surface area (Å²) in [6.45, 7) is 0. The van der Waals surface area contributed by atoms with Crippen molar-refractivity contribution < 1.29 is 24.4 Å². The first-order valence-corrected chi connectivity index (χ1v) is 7.96. The van der Waals surface area contributed by atoms with Crippen molar-refractivity contribution in [2.75, 3.05) is 0 Å². The minimum absolute atomic E-state index is 0.0321. The van der Waals surface area contributed by atoms with Gasteiger partial charge in [0.2, 0.25) is 5.91 Å². The van der Waals surface area contributed by atoms with Crippen LogP contribution >= 0.6 is 24.0 Å². The first-order valence-electron chi connectivity index (χ1n) is 6.73. The number of nitro groups is 1. The van der Waals surface area contributed by atoms with E-state index < -0.39 is 35.2 Å². The number of hydrogen-bond donors (Lipinski definition) is 2. The highest BCUT2D eigenvalue weighted by Gasteiger charge is 2.41. The van der Waals surface area contributed by atoms with Crippen LogP contribution in [-0.4, -0.2) is 43.1 Å². The van der Waals surface area contributed by atoms with Gasteiger partial charge >= 0.3 is 5.97 Å². The van der Waals surface area contributed by atoms with E-state index in [0.717, 1.165) is 16.7 Å². The molecule has 130 valence electrons. The number of rotatable bonds is 6. The van der Waals surface area contributed by atoms with Gasteiger partial charge in [0.05, 0.1) is 16.2 Å². The molecular weight excluding hydrogens is 370 g/mol. The molecule has 1 aromatic rings. The molecule has 0 aromatic heterocycles. The minimum atomic E-state index is -1.50. The zero-order chi connectivity index (χ0) is 18.7. The van der Waals surface area contributed by atoms with Crippen molar-refractivity contribution in [1.29, 1.82) is 0 Å². The SMILES string of the molecule is NC(=O)CC(C(=O)O)N1C(=O)/C(=C/c2cccc([N+](=O)[O-])c2)SC1=S. The van der Waals surface area contributed by atoms with Crippen LogP contribution in [0.5, 0.6) is 0 Å². The molecule has 2 rings (SSSR count). The van der Waals surface area contributed by atoms with Crippen LogP contribution in [0.15, 0.2) is 29.2 Å². The number of amides is 2. The fourth-order valence-corrected chi connectivity index (χ4v) is 3.46. The highest BCUT2D eigenvalue weighted by atomic mass is 32.2. The van der Waals surface area contributed by atoms with E-state index in [1.807, 2.05) is 0 Å². The zero-order valence-electron chi connectivity index (χ0n) is 12.4. The number of primary amides is 1. The Labute approximate surface area is 150 Å². The molecule has 0 saturated carbocycles. The molecular formula is C14H11N3O6S2. The standard InChI is InChI=1S/C14H11N3O6S2/c15-11(18)6-9(13(20)21)16-12(19)10(25-14(16)24)5-7-2-1-3-8(4-7)17(22)23/h1-5,9H,6H2,(H2,15,18)(H,20,21)/b10-5-. The normalized spacial score (nSPS) is 17.0. The number of aliphatic carboxylic acids is 1. The number of carbonyl (C=O) groups excluding carboxylic acids is 2. The molecule has 1 atom stereocenters. The van der Waals surface area contributed by atoms with Gasteiger partial charge in [0.1, 0.15) is 10.4 Å². The Morgan fingerprint density at radius 1 is 1.48 bits per heavy atom. The van der Waals surface area contributed by atoms with E-state index in [1.165, 1.54) is 24.3 Å². The first-order chi connectivity index (χ1) is 11.7. The van der Waals surface area contributed by atoms with Crippen LogP contribution in [-0.2, 0) is 14.4 Å². The number of thioether (sulfide) groups is 1. The van der Waals surface area contributed by atoms with Crippen molar-refractivity contribution in [2.45, 2.75) is 12.5 Å². The number of non-ortho nitro benzene ring substituents is 1. The Bertz CT molecular complexity index is 823. The molecule has 9 nitrogen and oxygen atoms in total. The molecule has 11 heteroatoms. The summed E-state index contributed by atoms with van der Waals surface area (Å²) in [4.78, 5) is 46.0. The smallest absolute Gasteiger partial charge is 0.327 e. The number of hydrogen-bond acceptors (Lipinski definition) is 7. The number of nitrogens with two attached hydrogens (primary N) is 1. The largest absolute Gasteiger partial charge is 0.480 e. The van der Waals surface area contributed by atoms with Gasteiger partial charge in [-0.2, -0.15) is 0 Å². The number of carboxylic acid groups (broad SMARTS) is 1. The fourth-order valence-electron chi connectivity index (χ4n) is 2.11. The molecule has 1 unspecified atom stereocenters. The fraction of sp³-hybridized carbons (Fsp3) is 0.143. The van der Waals surface area contributed by atoms with E-state index in [-0.39, 0.29) is 14.9 Å². The van der Waals surface area contributed by atoms with Gasteiger partial charge in [-0.25, -0.2) is 4.79 Å². The van der Waals surface area contributed by atoms with Crippen molar-refractivity contribution in [3.63, 3.8) is 0 Å². The number of carboxylic acids is 1. The van der Waals surface area contributed by atoms with Crippen molar-refractivity contribution >= 4 is 57.8 Å². The third kappa shape index (κ3) is 4.19. The van der Waals surface area contributed by atoms with E-state index >= 15 is 0 Å². The van der Waals surface area contributed by atoms with Gasteiger partial charge in [0.25, 0.3) is 11.6 Å². The third-order valence-electron chi connectivity index (χ3n) is 3.19. The maximum absolute atomic E-state index is 12.5. The molecule has 1 saturated heterocycles. The lowest BCUT2D eigenvalue weighted by Crippen LogP contribution is -2.46. The zero-order valence-corrected chi connectivity index (χ0v) is 14.1. The summed E-state index contributed by atoms with van der Waals surface area (Å²) in [5.74, 6) is -2.99. The van der Waals surface area contributed by atoms with Gasteiger partial charge in [-0.05, 0) is 11.6 Å². The van der Waals surface area contributed by atoms with Gasteiger partial charge in [0.15, 0.2) is 0 Å². The Kier molecular flexibility index (Phi) is 5.49. The van der Waals surface area contributed by atoms with Crippen LogP contribution in [0.4, 0.5) is 5.69 Å². The van der Waals surface area contributed by atoms with Crippen LogP contribution in [0.2, 0.25) is 0 Å². The Hall–Kier alpha value is -2.79. The molecule has 0 spiro atoms. The lowest BCUT2D eigenvalue weighted by molar-refractivity contribution is -0.384. The summed E-state index contributed by atoms with van der Waals surface area (Å²) >= 11 is 5.88. The Morgan fingerprint density at radius 2 is 2.16 bits per heavy atom. The second-order valence-electron chi connectivity index (χ2n) is 4.93. The Balaban J connectivity index is 2.34. The molecule has 1 aliphatic rings. The van der Waals surface area contributed by atoms with Gasteiger partial charge in [-0.15, -0.1) is 0 Å². The monoisotopic (exact) mass is 381 g/mol. The summed E-state index contributed by atoms with van der Waals surface area (Å²) < 4.78 is -0.0321. The average molecular weight is 381 g/mol. The van der Waals surface area contributed by atoms with Crippen LogP contribution in [0, 0.1) is 10.1 Å².